The first-order valence-electron chi connectivity index (χ1n) is 31.7. The molecule has 2 heterocycles. The number of carbonyl (C=O) groups excluding carboxylic acids is 6. The van der Waals surface area contributed by atoms with Crippen LogP contribution in [0.5, 0.6) is 34.6 Å². The summed E-state index contributed by atoms with van der Waals surface area (Å²) in [5.41, 5.74) is 11.3. The number of rotatable bonds is 24. The van der Waals surface area contributed by atoms with Crippen LogP contribution in [0.15, 0.2) is 189 Å². The molecule has 0 radical (unpaired) electrons. The highest BCUT2D eigenvalue weighted by molar-refractivity contribution is 6.32. The highest BCUT2D eigenvalue weighted by Crippen LogP contribution is 2.32. The highest BCUT2D eigenvalue weighted by Gasteiger charge is 2.24. The molecule has 0 unspecified atom stereocenters. The average Bonchev–Trinajstić information content (AvgIpc) is 1.60. The zero-order valence-corrected chi connectivity index (χ0v) is 60.4. The van der Waals surface area contributed by atoms with Crippen LogP contribution in [0.2, 0.25) is 10.0 Å². The molecule has 2 aromatic heterocycles. The van der Waals surface area contributed by atoms with Crippen LogP contribution >= 0.6 is 23.2 Å². The van der Waals surface area contributed by atoms with Gasteiger partial charge in [0.05, 0.1) is 54.9 Å². The number of Topliss-reactive ketones (excluding diaryl/α,β-unsaturated/α-hetero) is 1. The van der Waals surface area contributed by atoms with Gasteiger partial charge >= 0.3 is 47.8 Å². The summed E-state index contributed by atoms with van der Waals surface area (Å²) in [6.45, 7) is 8.57. The smallest absolute Gasteiger partial charge is 0.347 e. The molecule has 8 N–H and O–H groups in total. The van der Waals surface area contributed by atoms with Crippen LogP contribution in [0.4, 0.5) is 11.4 Å². The Balaban J connectivity index is 0.000000239. The van der Waals surface area contributed by atoms with Crippen molar-refractivity contribution in [3.05, 3.63) is 243 Å². The lowest BCUT2D eigenvalue weighted by Crippen LogP contribution is -2.16. The van der Waals surface area contributed by atoms with Crippen molar-refractivity contribution in [3.63, 3.8) is 0 Å². The third kappa shape index (κ3) is 26.7. The number of nitrogens with zero attached hydrogens (tertiary/aromatic N) is 3. The lowest BCUT2D eigenvalue weighted by molar-refractivity contribution is -0.178. The third-order valence-corrected chi connectivity index (χ3v) is 14.8. The molecule has 0 fully saturated rings. The Morgan fingerprint density at radius 3 is 1.79 bits per heavy atom. The largest absolute Gasteiger partial charge is 0.497 e. The van der Waals surface area contributed by atoms with Crippen molar-refractivity contribution < 1.29 is 116 Å². The Hall–Kier alpha value is -13.4. The zero-order valence-electron chi connectivity index (χ0n) is 58.9. The number of aryl methyl sites for hydroxylation is 1. The number of carbonyl (C=O) groups is 11. The number of methoxy groups -OCH3 is 1. The first-order valence-corrected chi connectivity index (χ1v) is 32.5. The van der Waals surface area contributed by atoms with Crippen LogP contribution in [0.25, 0.3) is 21.8 Å². The molecule has 1 amide bonds. The summed E-state index contributed by atoms with van der Waals surface area (Å²) in [6.07, 6.45) is 1.24. The Labute approximate surface area is 626 Å². The normalized spacial score (nSPS) is 10.1. The second kappa shape index (κ2) is 42.4. The number of carboxylic acids is 5. The number of nitrogens with two attached hydrogens (primary N) is 1. The minimum Gasteiger partial charge on any atom is -0.497 e. The number of para-hydroxylation sites is 4. The molecule has 0 saturated heterocycles. The maximum absolute atomic E-state index is 13.2. The fourth-order valence-corrected chi connectivity index (χ4v) is 9.92. The molecule has 0 atom stereocenters. The highest BCUT2D eigenvalue weighted by atomic mass is 35.5. The molecule has 0 spiro atoms. The van der Waals surface area contributed by atoms with Gasteiger partial charge in [-0.15, -0.1) is 5.10 Å². The number of ether oxygens (including phenoxy) is 6. The second-order valence-corrected chi connectivity index (χ2v) is 23.0. The number of hydrogen-bond acceptors (Lipinski definition) is 21. The fourth-order valence-electron chi connectivity index (χ4n) is 9.54. The van der Waals surface area contributed by atoms with E-state index in [1.807, 2.05) is 24.3 Å². The van der Waals surface area contributed by atoms with Gasteiger partial charge in [0.1, 0.15) is 40.7 Å². The number of fused-ring (bicyclic) bond motifs is 2. The van der Waals surface area contributed by atoms with E-state index in [1.54, 1.807) is 152 Å². The molecule has 564 valence electrons. The molecule has 0 bridgehead atoms. The minimum absolute atomic E-state index is 0.0402. The first-order chi connectivity index (χ1) is 51.3. The van der Waals surface area contributed by atoms with E-state index in [4.69, 9.17) is 82.9 Å². The van der Waals surface area contributed by atoms with E-state index < -0.39 is 54.4 Å². The lowest BCUT2D eigenvalue weighted by Gasteiger charge is -2.09. The summed E-state index contributed by atoms with van der Waals surface area (Å²) in [5.74, 6) is -5.52. The number of anilines is 2. The van der Waals surface area contributed by atoms with Crippen molar-refractivity contribution in [1.82, 2.24) is 14.3 Å². The van der Waals surface area contributed by atoms with Crippen molar-refractivity contribution >= 4 is 122 Å². The number of amides is 1. The topological polar surface area (TPSA) is 424 Å². The third-order valence-electron chi connectivity index (χ3n) is 14.2. The maximum Gasteiger partial charge on any atom is 0.347 e. The minimum atomic E-state index is -1.24. The molecule has 31 heteroatoms. The van der Waals surface area contributed by atoms with Gasteiger partial charge < -0.3 is 69.9 Å². The summed E-state index contributed by atoms with van der Waals surface area (Å²) < 4.78 is 33.7. The van der Waals surface area contributed by atoms with Crippen molar-refractivity contribution in [2.45, 2.75) is 47.0 Å². The van der Waals surface area contributed by atoms with E-state index >= 15 is 0 Å². The number of benzene rings is 8. The summed E-state index contributed by atoms with van der Waals surface area (Å²) in [4.78, 5) is 132. The first kappa shape index (κ1) is 85.3. The molecule has 108 heavy (non-hydrogen) atoms. The standard InChI is InChI=1S/C21H18ClNO6.C17H15NO5.C11H11ClO3.C10H10N2O3.C10H11NO3.C8H8O4/c1-12-16(10-20(26)29-11-19(24)25)17-9-15(28-2)7-8-18(17)23(12)21(27)13-3-5-14(22)6-4-13;1-11(19)18-13-7-9-14(10-8-13)23-17(21)15-5-3-4-6-16(15)22-12(2)20;1-2-5-15-10-4-3-8(6-9(10)12)7-11(13)14;1-12-8-5-3-2-4-7(8)10(11-12)15-6-9(13)14;1-6(12)8-4-2-3-7(10(8)11)5-9(13)14;1-11-12-7-5-3-2-4-6(7)8(9)10/h3-9H,10-11H2,1-2H3,(H,24,25);3-10H,1-2H3,(H,18,19);2-4,6H,1,5,7H2,(H,13,14);2-5H,6H2,1H3,(H,13,14);2-4H,5,11H2,1H3,(H,13,14);2-5H,1H3,(H,9,10). The quantitative estimate of drug-likeness (QED) is 0.00562. The average molecular weight is 1520 g/mol. The summed E-state index contributed by atoms with van der Waals surface area (Å²) in [6, 6.07) is 47.8. The van der Waals surface area contributed by atoms with Crippen molar-refractivity contribution in [3.8, 4) is 34.6 Å². The van der Waals surface area contributed by atoms with Gasteiger partial charge in [0, 0.05) is 59.5 Å². The zero-order chi connectivity index (χ0) is 79.7. The number of carboxylic acid groups (broad SMARTS) is 5. The van der Waals surface area contributed by atoms with Gasteiger partial charge in [-0.25, -0.2) is 19.2 Å². The summed E-state index contributed by atoms with van der Waals surface area (Å²) in [7, 11) is 4.62. The molecule has 0 aliphatic carbocycles. The van der Waals surface area contributed by atoms with Crippen LogP contribution in [-0.4, -0.2) is 139 Å². The van der Waals surface area contributed by atoms with Gasteiger partial charge in [-0.3, -0.25) is 42.8 Å². The predicted molar refractivity (Wildman–Crippen MR) is 396 cm³/mol. The molecule has 29 nitrogen and oxygen atoms in total. The number of hydrogen-bond donors (Lipinski definition) is 7. The Morgan fingerprint density at radius 2 is 1.20 bits per heavy atom. The number of halogens is 2. The number of ketones is 1. The monoisotopic (exact) mass is 1520 g/mol. The van der Waals surface area contributed by atoms with Crippen molar-refractivity contribution in [2.24, 2.45) is 7.05 Å². The number of aliphatic carboxylic acids is 4. The number of aromatic nitrogens is 3. The van der Waals surface area contributed by atoms with E-state index in [2.05, 4.69) is 26.8 Å². The second-order valence-electron chi connectivity index (χ2n) is 22.1. The van der Waals surface area contributed by atoms with Crippen LogP contribution in [0.3, 0.4) is 0 Å². The van der Waals surface area contributed by atoms with Crippen molar-refractivity contribution in [1.29, 1.82) is 0 Å². The molecule has 0 aliphatic rings. The number of esters is 3. The van der Waals surface area contributed by atoms with Gasteiger partial charge in [-0.05, 0) is 152 Å². The molecule has 10 rings (SSSR count). The van der Waals surface area contributed by atoms with E-state index in [9.17, 15) is 52.7 Å². The fraction of sp³-hybridized carbons (Fsp3) is 0.169. The molecular weight excluding hydrogens is 1450 g/mol. The van der Waals surface area contributed by atoms with Crippen LogP contribution in [0.1, 0.15) is 84.6 Å². The SMILES string of the molecule is C=CCOc1ccc(CC(=O)O)cc1Cl.CC(=O)Nc1ccc(OC(=O)c2ccccc2OC(C)=O)cc1.CC(=O)c1cccc(CC(=O)O)c1N.COOc1ccccc1C(=O)O.COc1ccc2c(c1)c(CC(=O)OCC(=O)O)c(C)n2C(=O)c1ccc(Cl)cc1.Cn1nc(OCC(=O)O)c2ccccc21. The van der Waals surface area contributed by atoms with E-state index in [0.717, 1.165) is 10.9 Å². The number of nitrogens with one attached hydrogen (secondary N) is 1. The van der Waals surface area contributed by atoms with Crippen molar-refractivity contribution in [2.75, 3.05) is 45.1 Å². The molecule has 8 aromatic carbocycles. The molecule has 10 aromatic rings. The Morgan fingerprint density at radius 1 is 0.593 bits per heavy atom. The Kier molecular flexibility index (Phi) is 33.5. The number of aromatic carboxylic acids is 1. The van der Waals surface area contributed by atoms with Gasteiger partial charge in [0.15, 0.2) is 24.7 Å². The van der Waals surface area contributed by atoms with Crippen LogP contribution in [-0.2, 0) is 69.5 Å². The van der Waals surface area contributed by atoms with E-state index in [0.29, 0.717) is 89.9 Å². The summed E-state index contributed by atoms with van der Waals surface area (Å²) in [5, 5.41) is 52.1. The number of nitrogen functional groups attached to an aromatic ring is 1. The van der Waals surface area contributed by atoms with Gasteiger partial charge in [0.25, 0.3) is 5.91 Å². The van der Waals surface area contributed by atoms with Gasteiger partial charge in [0.2, 0.25) is 11.8 Å². The van der Waals surface area contributed by atoms with Crippen LogP contribution in [0, 0.1) is 6.92 Å². The summed E-state index contributed by atoms with van der Waals surface area (Å²) >= 11 is 11.8. The lowest BCUT2D eigenvalue weighted by atomic mass is 10.0. The maximum atomic E-state index is 13.2. The van der Waals surface area contributed by atoms with Gasteiger partial charge in [-0.1, -0.05) is 90.5 Å². The Bertz CT molecular complexity index is 4900. The van der Waals surface area contributed by atoms with E-state index in [-0.39, 0.29) is 71.8 Å². The van der Waals surface area contributed by atoms with Crippen LogP contribution < -0.4 is 39.6 Å². The van der Waals surface area contributed by atoms with E-state index in [1.165, 1.54) is 63.8 Å². The molecule has 0 aliphatic heterocycles. The molecular formula is C77H73Cl2N5O24. The molecule has 0 saturated carbocycles. The van der Waals surface area contributed by atoms with Gasteiger partial charge in [-0.2, -0.15) is 4.89 Å². The predicted octanol–water partition coefficient (Wildman–Crippen LogP) is 12.3.